The first-order valence-corrected chi connectivity index (χ1v) is 7.67. The number of hydrogen-bond donors (Lipinski definition) is 2. The van der Waals surface area contributed by atoms with Crippen LogP contribution in [0.1, 0.15) is 18.4 Å². The summed E-state index contributed by atoms with van der Waals surface area (Å²) in [4.78, 5) is 39.9. The van der Waals surface area contributed by atoms with Crippen LogP contribution in [0.4, 0.5) is 4.79 Å². The van der Waals surface area contributed by atoms with Crippen molar-refractivity contribution in [1.29, 1.82) is 0 Å². The number of aliphatic carboxylic acids is 1. The molecule has 0 radical (unpaired) electrons. The highest BCUT2D eigenvalue weighted by Gasteiger charge is 2.26. The summed E-state index contributed by atoms with van der Waals surface area (Å²) in [6.45, 7) is 1.17. The minimum atomic E-state index is -1.11. The number of rotatable bonds is 7. The molecule has 8 heteroatoms. The van der Waals surface area contributed by atoms with E-state index >= 15 is 0 Å². The van der Waals surface area contributed by atoms with Gasteiger partial charge in [-0.3, -0.25) is 9.59 Å². The molecule has 0 unspecified atom stereocenters. The van der Waals surface area contributed by atoms with E-state index in [0.29, 0.717) is 32.4 Å². The molecule has 8 nitrogen and oxygen atoms in total. The molecule has 0 bridgehead atoms. The zero-order valence-corrected chi connectivity index (χ0v) is 13.1. The van der Waals surface area contributed by atoms with E-state index in [1.54, 1.807) is 12.1 Å². The van der Waals surface area contributed by atoms with Crippen LogP contribution >= 0.6 is 0 Å². The Morgan fingerprint density at radius 1 is 1.29 bits per heavy atom. The van der Waals surface area contributed by atoms with E-state index in [4.69, 9.17) is 9.57 Å². The second-order valence-corrected chi connectivity index (χ2v) is 5.49. The van der Waals surface area contributed by atoms with Crippen LogP contribution in [0, 0.1) is 0 Å². The number of benzene rings is 1. The van der Waals surface area contributed by atoms with Gasteiger partial charge in [-0.05, 0) is 5.56 Å². The van der Waals surface area contributed by atoms with Crippen molar-refractivity contribution in [3.05, 3.63) is 35.9 Å². The molecule has 1 aromatic carbocycles. The lowest BCUT2D eigenvalue weighted by Gasteiger charge is -2.30. The lowest BCUT2D eigenvalue weighted by atomic mass is 10.1. The number of hydroxylamine groups is 1. The molecule has 130 valence electrons. The van der Waals surface area contributed by atoms with Gasteiger partial charge < -0.3 is 19.6 Å². The monoisotopic (exact) mass is 336 g/mol. The molecule has 1 aliphatic heterocycles. The van der Waals surface area contributed by atoms with Crippen molar-refractivity contribution < 1.29 is 29.1 Å². The number of likely N-dealkylation sites (tertiary alicyclic amines) is 1. The highest BCUT2D eigenvalue weighted by atomic mass is 16.7. The fourth-order valence-electron chi connectivity index (χ4n) is 2.47. The lowest BCUT2D eigenvalue weighted by Crippen LogP contribution is -2.46. The molecule has 1 heterocycles. The van der Waals surface area contributed by atoms with Gasteiger partial charge in [0.1, 0.15) is 12.1 Å². The molecule has 0 aromatic heterocycles. The van der Waals surface area contributed by atoms with E-state index in [2.05, 4.69) is 5.48 Å². The first-order valence-electron chi connectivity index (χ1n) is 7.67. The van der Waals surface area contributed by atoms with Crippen molar-refractivity contribution >= 4 is 18.5 Å². The highest BCUT2D eigenvalue weighted by molar-refractivity contribution is 5.74. The molecule has 2 rings (SSSR count). The van der Waals surface area contributed by atoms with Crippen molar-refractivity contribution in [2.45, 2.75) is 31.4 Å². The van der Waals surface area contributed by atoms with Crippen molar-refractivity contribution in [2.24, 2.45) is 0 Å². The number of carbonyl (C=O) groups is 3. The smallest absolute Gasteiger partial charge is 0.428 e. The average molecular weight is 336 g/mol. The van der Waals surface area contributed by atoms with E-state index in [1.807, 2.05) is 18.2 Å². The zero-order chi connectivity index (χ0) is 17.4. The predicted molar refractivity (Wildman–Crippen MR) is 82.9 cm³/mol. The maximum absolute atomic E-state index is 12.0. The maximum atomic E-state index is 12.0. The molecule has 1 atom stereocenters. The normalized spacial score (nSPS) is 16.2. The summed E-state index contributed by atoms with van der Waals surface area (Å²) in [5.74, 6) is -1.11. The van der Waals surface area contributed by atoms with Crippen LogP contribution in [0.25, 0.3) is 0 Å². The molecule has 1 aromatic rings. The highest BCUT2D eigenvalue weighted by Crippen LogP contribution is 2.13. The SMILES string of the molecule is O=COC1CCN(C(=O)ON[C@@H](Cc2ccccc2)C(=O)O)CC1. The van der Waals surface area contributed by atoms with Gasteiger partial charge in [-0.15, -0.1) is 5.48 Å². The number of ether oxygens (including phenoxy) is 1. The number of carboxylic acid groups (broad SMARTS) is 1. The summed E-state index contributed by atoms with van der Waals surface area (Å²) >= 11 is 0. The molecule has 1 amide bonds. The van der Waals surface area contributed by atoms with Gasteiger partial charge in [0.05, 0.1) is 0 Å². The van der Waals surface area contributed by atoms with Gasteiger partial charge in [0.25, 0.3) is 6.47 Å². The first-order chi connectivity index (χ1) is 11.6. The quantitative estimate of drug-likeness (QED) is 0.564. The molecule has 2 N–H and O–H groups in total. The van der Waals surface area contributed by atoms with Gasteiger partial charge in [-0.1, -0.05) is 30.3 Å². The van der Waals surface area contributed by atoms with Crippen LogP contribution in [0.15, 0.2) is 30.3 Å². The number of piperidine rings is 1. The van der Waals surface area contributed by atoms with Gasteiger partial charge >= 0.3 is 12.1 Å². The van der Waals surface area contributed by atoms with Gasteiger partial charge in [-0.25, -0.2) is 4.79 Å². The Balaban J connectivity index is 1.80. The third kappa shape index (κ3) is 5.24. The van der Waals surface area contributed by atoms with Gasteiger partial charge in [0.15, 0.2) is 0 Å². The minimum absolute atomic E-state index is 0.190. The molecule has 1 saturated heterocycles. The molecule has 1 aliphatic rings. The largest absolute Gasteiger partial charge is 0.480 e. The number of nitrogens with one attached hydrogen (secondary N) is 1. The summed E-state index contributed by atoms with van der Waals surface area (Å²) in [7, 11) is 0. The third-order valence-corrected chi connectivity index (χ3v) is 3.82. The molecule has 0 spiro atoms. The fourth-order valence-corrected chi connectivity index (χ4v) is 2.47. The van der Waals surface area contributed by atoms with Gasteiger partial charge in [0, 0.05) is 32.4 Å². The third-order valence-electron chi connectivity index (χ3n) is 3.82. The van der Waals surface area contributed by atoms with Crippen molar-refractivity contribution in [2.75, 3.05) is 13.1 Å². The number of amides is 1. The van der Waals surface area contributed by atoms with E-state index < -0.39 is 18.1 Å². The predicted octanol–water partition coefficient (Wildman–Crippen LogP) is 0.961. The van der Waals surface area contributed by atoms with E-state index in [9.17, 15) is 19.5 Å². The number of hydrogen-bond acceptors (Lipinski definition) is 6. The Morgan fingerprint density at radius 2 is 1.96 bits per heavy atom. The second kappa shape index (κ2) is 8.88. The Bertz CT molecular complexity index is 557. The molecule has 0 aliphatic carbocycles. The summed E-state index contributed by atoms with van der Waals surface area (Å²) in [6.07, 6.45) is 0.419. The second-order valence-electron chi connectivity index (χ2n) is 5.49. The van der Waals surface area contributed by atoms with E-state index in [1.165, 1.54) is 4.90 Å². The standard InChI is InChI=1S/C16H20N2O6/c19-11-23-13-6-8-18(9-7-13)16(22)24-17-14(15(20)21)10-12-4-2-1-3-5-12/h1-5,11,13-14,17H,6-10H2,(H,20,21)/t14-/m0/s1. The fraction of sp³-hybridized carbons (Fsp3) is 0.438. The Morgan fingerprint density at radius 3 is 2.54 bits per heavy atom. The van der Waals surface area contributed by atoms with E-state index in [-0.39, 0.29) is 12.5 Å². The maximum Gasteiger partial charge on any atom is 0.428 e. The van der Waals surface area contributed by atoms with Crippen LogP contribution < -0.4 is 5.48 Å². The zero-order valence-electron chi connectivity index (χ0n) is 13.1. The topological polar surface area (TPSA) is 105 Å². The Hall–Kier alpha value is -2.61. The van der Waals surface area contributed by atoms with E-state index in [0.717, 1.165) is 5.56 Å². The lowest BCUT2D eigenvalue weighted by molar-refractivity contribution is -0.142. The van der Waals surface area contributed by atoms with Gasteiger partial charge in [-0.2, -0.15) is 0 Å². The number of carboxylic acids is 1. The van der Waals surface area contributed by atoms with Gasteiger partial charge in [0.2, 0.25) is 0 Å². The van der Waals surface area contributed by atoms with Crippen LogP contribution in [0.3, 0.4) is 0 Å². The molecular formula is C16H20N2O6. The molecule has 0 saturated carbocycles. The molecule has 24 heavy (non-hydrogen) atoms. The molecule has 1 fully saturated rings. The summed E-state index contributed by atoms with van der Waals surface area (Å²) in [5.41, 5.74) is 3.14. The van der Waals surface area contributed by atoms with Crippen LogP contribution in [0.2, 0.25) is 0 Å². The van der Waals surface area contributed by atoms with Crippen molar-refractivity contribution in [3.8, 4) is 0 Å². The summed E-state index contributed by atoms with van der Waals surface area (Å²) in [6, 6.07) is 8.03. The molecular weight excluding hydrogens is 316 g/mol. The van der Waals surface area contributed by atoms with Crippen molar-refractivity contribution in [3.63, 3.8) is 0 Å². The van der Waals surface area contributed by atoms with Crippen molar-refractivity contribution in [1.82, 2.24) is 10.4 Å². The first kappa shape index (κ1) is 17.7. The number of nitrogens with zero attached hydrogens (tertiary/aromatic N) is 1. The number of carbonyl (C=O) groups excluding carboxylic acids is 2. The summed E-state index contributed by atoms with van der Waals surface area (Å²) < 4.78 is 4.85. The Kier molecular flexibility index (Phi) is 6.56. The van der Waals surface area contributed by atoms with Crippen LogP contribution in [0.5, 0.6) is 0 Å². The minimum Gasteiger partial charge on any atom is -0.480 e. The summed E-state index contributed by atoms with van der Waals surface area (Å²) in [5, 5.41) is 9.23. The van der Waals surface area contributed by atoms with Crippen LogP contribution in [-0.4, -0.2) is 53.8 Å². The average Bonchev–Trinajstić information content (AvgIpc) is 2.60. The van der Waals surface area contributed by atoms with Crippen LogP contribution in [-0.2, 0) is 25.6 Å². The Labute approximate surface area is 139 Å².